The number of methoxy groups -OCH3 is 1. The number of pyridine rings is 1. The molecule has 0 radical (unpaired) electrons. The van der Waals surface area contributed by atoms with Crippen LogP contribution in [0.1, 0.15) is 18.4 Å². The highest BCUT2D eigenvalue weighted by atomic mass is 16.6. The molecule has 3 rings (SSSR count). The van der Waals surface area contributed by atoms with Gasteiger partial charge in [-0.2, -0.15) is 0 Å². The molecule has 7 heteroatoms. The fourth-order valence-corrected chi connectivity index (χ4v) is 3.10. The fourth-order valence-electron chi connectivity index (χ4n) is 3.10. The summed E-state index contributed by atoms with van der Waals surface area (Å²) in [4.78, 5) is 16.8. The first kappa shape index (κ1) is 17.2. The zero-order valence-corrected chi connectivity index (χ0v) is 14.2. The Balaban J connectivity index is 1.51. The van der Waals surface area contributed by atoms with E-state index < -0.39 is 4.92 Å². The molecule has 1 fully saturated rings. The summed E-state index contributed by atoms with van der Waals surface area (Å²) in [5, 5.41) is 14.0. The van der Waals surface area contributed by atoms with Crippen molar-refractivity contribution in [1.29, 1.82) is 0 Å². The third-order valence-corrected chi connectivity index (χ3v) is 4.48. The molecule has 2 aromatic rings. The molecule has 0 amide bonds. The highest BCUT2D eigenvalue weighted by Crippen LogP contribution is 2.22. The largest absolute Gasteiger partial charge is 0.496 e. The molecule has 0 atom stereocenters. The Hall–Kier alpha value is -2.67. The number of hydrogen-bond donors (Lipinski definition) is 1. The number of nitrogens with one attached hydrogen (secondary N) is 1. The lowest BCUT2D eigenvalue weighted by molar-refractivity contribution is -0.385. The first-order valence-corrected chi connectivity index (χ1v) is 8.37. The summed E-state index contributed by atoms with van der Waals surface area (Å²) in [7, 11) is 1.70. The number of aromatic nitrogens is 1. The van der Waals surface area contributed by atoms with Crippen LogP contribution < -0.4 is 10.1 Å². The number of nitro groups is 1. The van der Waals surface area contributed by atoms with E-state index in [1.807, 2.05) is 18.2 Å². The van der Waals surface area contributed by atoms with Gasteiger partial charge in [-0.1, -0.05) is 18.2 Å². The molecular formula is C18H22N4O3. The van der Waals surface area contributed by atoms with Crippen LogP contribution in [0, 0.1) is 10.1 Å². The number of anilines is 1. The van der Waals surface area contributed by atoms with Crippen molar-refractivity contribution in [3.8, 4) is 5.75 Å². The smallest absolute Gasteiger partial charge is 0.287 e. The number of likely N-dealkylation sites (tertiary alicyclic amines) is 1. The number of ether oxygens (including phenoxy) is 1. The van der Waals surface area contributed by atoms with Crippen molar-refractivity contribution in [3.63, 3.8) is 0 Å². The van der Waals surface area contributed by atoms with Crippen LogP contribution in [-0.4, -0.2) is 41.0 Å². The van der Waals surface area contributed by atoms with E-state index in [-0.39, 0.29) is 5.69 Å². The molecule has 0 aliphatic carbocycles. The van der Waals surface area contributed by atoms with Gasteiger partial charge in [0, 0.05) is 37.3 Å². The molecule has 0 spiro atoms. The van der Waals surface area contributed by atoms with E-state index in [0.29, 0.717) is 11.9 Å². The van der Waals surface area contributed by atoms with Crippen molar-refractivity contribution in [2.45, 2.75) is 25.4 Å². The molecule has 132 valence electrons. The van der Waals surface area contributed by atoms with Crippen molar-refractivity contribution < 1.29 is 9.66 Å². The second-order valence-corrected chi connectivity index (χ2v) is 6.17. The quantitative estimate of drug-likeness (QED) is 0.642. The first-order valence-electron chi connectivity index (χ1n) is 8.37. The Morgan fingerprint density at radius 2 is 2.04 bits per heavy atom. The van der Waals surface area contributed by atoms with Crippen molar-refractivity contribution in [2.75, 3.05) is 25.5 Å². The maximum atomic E-state index is 10.7. The minimum atomic E-state index is -0.437. The molecule has 1 aliphatic heterocycles. The molecule has 1 N–H and O–H groups in total. The van der Waals surface area contributed by atoms with Gasteiger partial charge in [0.1, 0.15) is 17.8 Å². The van der Waals surface area contributed by atoms with Gasteiger partial charge >= 0.3 is 0 Å². The summed E-state index contributed by atoms with van der Waals surface area (Å²) in [6, 6.07) is 11.6. The summed E-state index contributed by atoms with van der Waals surface area (Å²) in [5.41, 5.74) is 1.21. The summed E-state index contributed by atoms with van der Waals surface area (Å²) in [5.74, 6) is 1.62. The van der Waals surface area contributed by atoms with Crippen LogP contribution in [0.15, 0.2) is 42.6 Å². The normalized spacial score (nSPS) is 15.7. The topological polar surface area (TPSA) is 80.5 Å². The van der Waals surface area contributed by atoms with Crippen molar-refractivity contribution >= 4 is 11.5 Å². The van der Waals surface area contributed by atoms with E-state index in [1.165, 1.54) is 17.8 Å². The third kappa shape index (κ3) is 4.45. The molecule has 1 saturated heterocycles. The Labute approximate surface area is 146 Å². The van der Waals surface area contributed by atoms with E-state index in [4.69, 9.17) is 4.74 Å². The maximum absolute atomic E-state index is 10.7. The lowest BCUT2D eigenvalue weighted by Crippen LogP contribution is -2.38. The zero-order chi connectivity index (χ0) is 17.6. The molecule has 25 heavy (non-hydrogen) atoms. The molecule has 1 aromatic heterocycles. The van der Waals surface area contributed by atoms with Gasteiger partial charge in [-0.15, -0.1) is 0 Å². The number of benzene rings is 1. The Kier molecular flexibility index (Phi) is 5.45. The van der Waals surface area contributed by atoms with E-state index in [9.17, 15) is 10.1 Å². The van der Waals surface area contributed by atoms with Gasteiger partial charge in [0.2, 0.25) is 0 Å². The average molecular weight is 342 g/mol. The SMILES string of the molecule is COc1ccccc1CN1CCC(Nc2ccc([N+](=O)[O-])cn2)CC1. The van der Waals surface area contributed by atoms with Crippen LogP contribution in [0.3, 0.4) is 0 Å². The standard InChI is InChI=1S/C18H22N4O3/c1-25-17-5-3-2-4-14(17)13-21-10-8-15(9-11-21)20-18-7-6-16(12-19-18)22(23)24/h2-7,12,15H,8-11,13H2,1H3,(H,19,20). The van der Waals surface area contributed by atoms with Crippen LogP contribution in [0.5, 0.6) is 5.75 Å². The third-order valence-electron chi connectivity index (χ3n) is 4.48. The fraction of sp³-hybridized carbons (Fsp3) is 0.389. The summed E-state index contributed by atoms with van der Waals surface area (Å²) in [6.45, 7) is 2.86. The van der Waals surface area contributed by atoms with Gasteiger partial charge in [-0.3, -0.25) is 15.0 Å². The van der Waals surface area contributed by atoms with E-state index in [0.717, 1.165) is 38.2 Å². The van der Waals surface area contributed by atoms with Crippen molar-refractivity contribution in [2.24, 2.45) is 0 Å². The van der Waals surface area contributed by atoms with Gasteiger partial charge in [0.05, 0.1) is 12.0 Å². The van der Waals surface area contributed by atoms with E-state index >= 15 is 0 Å². The highest BCUT2D eigenvalue weighted by Gasteiger charge is 2.20. The monoisotopic (exact) mass is 342 g/mol. The van der Waals surface area contributed by atoms with Crippen LogP contribution in [0.2, 0.25) is 0 Å². The zero-order valence-electron chi connectivity index (χ0n) is 14.2. The van der Waals surface area contributed by atoms with Crippen molar-refractivity contribution in [1.82, 2.24) is 9.88 Å². The summed E-state index contributed by atoms with van der Waals surface area (Å²) >= 11 is 0. The summed E-state index contributed by atoms with van der Waals surface area (Å²) < 4.78 is 5.42. The van der Waals surface area contributed by atoms with E-state index in [2.05, 4.69) is 21.3 Å². The minimum absolute atomic E-state index is 0.0113. The molecule has 0 unspecified atom stereocenters. The molecule has 2 heterocycles. The average Bonchev–Trinajstić information content (AvgIpc) is 2.64. The lowest BCUT2D eigenvalue weighted by atomic mass is 10.0. The second kappa shape index (κ2) is 7.94. The predicted octanol–water partition coefficient (Wildman–Crippen LogP) is 3.07. The Morgan fingerprint density at radius 1 is 1.28 bits per heavy atom. The van der Waals surface area contributed by atoms with Gasteiger partial charge in [0.25, 0.3) is 5.69 Å². The minimum Gasteiger partial charge on any atom is -0.496 e. The van der Waals surface area contributed by atoms with Gasteiger partial charge in [-0.05, 0) is 25.0 Å². The van der Waals surface area contributed by atoms with Crippen molar-refractivity contribution in [3.05, 3.63) is 58.3 Å². The van der Waals surface area contributed by atoms with Gasteiger partial charge < -0.3 is 10.1 Å². The molecule has 0 bridgehead atoms. The number of hydrogen-bond acceptors (Lipinski definition) is 6. The number of para-hydroxylation sites is 1. The molecular weight excluding hydrogens is 320 g/mol. The molecule has 7 nitrogen and oxygen atoms in total. The van der Waals surface area contributed by atoms with Crippen LogP contribution in [0.4, 0.5) is 11.5 Å². The van der Waals surface area contributed by atoms with Crippen LogP contribution >= 0.6 is 0 Å². The van der Waals surface area contributed by atoms with Gasteiger partial charge in [-0.25, -0.2) is 4.98 Å². The van der Waals surface area contributed by atoms with Crippen LogP contribution in [-0.2, 0) is 6.54 Å². The maximum Gasteiger partial charge on any atom is 0.287 e. The molecule has 1 aliphatic rings. The molecule has 1 aromatic carbocycles. The number of rotatable bonds is 6. The molecule has 0 saturated carbocycles. The number of nitrogens with zero attached hydrogens (tertiary/aromatic N) is 3. The first-order chi connectivity index (χ1) is 12.2. The van der Waals surface area contributed by atoms with Gasteiger partial charge in [0.15, 0.2) is 0 Å². The highest BCUT2D eigenvalue weighted by molar-refractivity contribution is 5.41. The Bertz CT molecular complexity index is 713. The predicted molar refractivity (Wildman–Crippen MR) is 95.8 cm³/mol. The van der Waals surface area contributed by atoms with Crippen LogP contribution in [0.25, 0.3) is 0 Å². The lowest BCUT2D eigenvalue weighted by Gasteiger charge is -2.32. The Morgan fingerprint density at radius 3 is 2.68 bits per heavy atom. The number of piperidine rings is 1. The second-order valence-electron chi connectivity index (χ2n) is 6.17. The summed E-state index contributed by atoms with van der Waals surface area (Å²) in [6.07, 6.45) is 3.31. The van der Waals surface area contributed by atoms with E-state index in [1.54, 1.807) is 13.2 Å².